The molecule has 1 aromatic rings. The highest BCUT2D eigenvalue weighted by atomic mass is 16.5. The van der Waals surface area contributed by atoms with Crippen LogP contribution in [0, 0.1) is 11.3 Å². The molecule has 1 atom stereocenters. The van der Waals surface area contributed by atoms with Gasteiger partial charge in [0.05, 0.1) is 25.7 Å². The van der Waals surface area contributed by atoms with Crippen molar-refractivity contribution in [1.29, 1.82) is 5.26 Å². The summed E-state index contributed by atoms with van der Waals surface area (Å²) in [6, 6.07) is 9.50. The molecule has 19 heavy (non-hydrogen) atoms. The SMILES string of the molecule is N#CCc1ccc(NC(=O)CC2COCCN2)cc1. The molecule has 0 spiro atoms. The predicted octanol–water partition coefficient (Wildman–Crippen LogP) is 1.07. The maximum absolute atomic E-state index is 11.8. The third-order valence-electron chi connectivity index (χ3n) is 2.95. The van der Waals surface area contributed by atoms with Crippen LogP contribution in [0.2, 0.25) is 0 Å². The van der Waals surface area contributed by atoms with E-state index in [0.29, 0.717) is 26.1 Å². The van der Waals surface area contributed by atoms with Gasteiger partial charge in [-0.3, -0.25) is 4.79 Å². The molecule has 0 saturated carbocycles. The molecule has 2 rings (SSSR count). The van der Waals surface area contributed by atoms with Gasteiger partial charge in [-0.15, -0.1) is 0 Å². The molecular formula is C14H17N3O2. The van der Waals surface area contributed by atoms with Crippen molar-refractivity contribution in [3.8, 4) is 6.07 Å². The van der Waals surface area contributed by atoms with Crippen LogP contribution in [-0.2, 0) is 16.0 Å². The van der Waals surface area contributed by atoms with E-state index >= 15 is 0 Å². The van der Waals surface area contributed by atoms with Crippen LogP contribution >= 0.6 is 0 Å². The van der Waals surface area contributed by atoms with Crippen LogP contribution in [0.4, 0.5) is 5.69 Å². The number of ether oxygens (including phenoxy) is 1. The number of hydrogen-bond acceptors (Lipinski definition) is 4. The maximum Gasteiger partial charge on any atom is 0.226 e. The van der Waals surface area contributed by atoms with Crippen molar-refractivity contribution in [2.24, 2.45) is 0 Å². The molecule has 0 aromatic heterocycles. The zero-order valence-corrected chi connectivity index (χ0v) is 10.7. The summed E-state index contributed by atoms with van der Waals surface area (Å²) in [6.45, 7) is 2.08. The molecule has 0 bridgehead atoms. The van der Waals surface area contributed by atoms with Crippen molar-refractivity contribution in [3.05, 3.63) is 29.8 Å². The zero-order valence-electron chi connectivity index (χ0n) is 10.7. The second-order valence-electron chi connectivity index (χ2n) is 4.51. The minimum atomic E-state index is -0.0315. The van der Waals surface area contributed by atoms with E-state index in [-0.39, 0.29) is 11.9 Å². The first-order valence-corrected chi connectivity index (χ1v) is 6.35. The van der Waals surface area contributed by atoms with Crippen molar-refractivity contribution < 1.29 is 9.53 Å². The first-order chi connectivity index (χ1) is 9.28. The first-order valence-electron chi connectivity index (χ1n) is 6.35. The standard InChI is InChI=1S/C14H17N3O2/c15-6-5-11-1-3-12(4-2-11)17-14(18)9-13-10-19-8-7-16-13/h1-4,13,16H,5,7-10H2,(H,17,18). The summed E-state index contributed by atoms with van der Waals surface area (Å²) in [5.41, 5.74) is 1.70. The Bertz CT molecular complexity index is 459. The molecular weight excluding hydrogens is 242 g/mol. The summed E-state index contributed by atoms with van der Waals surface area (Å²) < 4.78 is 5.30. The Hall–Kier alpha value is -1.90. The van der Waals surface area contributed by atoms with Crippen molar-refractivity contribution >= 4 is 11.6 Å². The van der Waals surface area contributed by atoms with Gasteiger partial charge in [-0.25, -0.2) is 0 Å². The molecule has 1 saturated heterocycles. The molecule has 1 amide bonds. The van der Waals surface area contributed by atoms with E-state index in [1.54, 1.807) is 0 Å². The summed E-state index contributed by atoms with van der Waals surface area (Å²) in [4.78, 5) is 11.8. The number of hydrogen-bond donors (Lipinski definition) is 2. The molecule has 100 valence electrons. The molecule has 1 aromatic carbocycles. The average Bonchev–Trinajstić information content (AvgIpc) is 2.42. The molecule has 1 fully saturated rings. The quantitative estimate of drug-likeness (QED) is 0.848. The van der Waals surface area contributed by atoms with E-state index in [9.17, 15) is 4.79 Å². The molecule has 1 aliphatic rings. The van der Waals surface area contributed by atoms with Crippen LogP contribution in [0.25, 0.3) is 0 Å². The molecule has 5 nitrogen and oxygen atoms in total. The highest BCUT2D eigenvalue weighted by molar-refractivity contribution is 5.91. The number of rotatable bonds is 4. The normalized spacial score (nSPS) is 18.6. The Labute approximate surface area is 112 Å². The van der Waals surface area contributed by atoms with E-state index in [2.05, 4.69) is 16.7 Å². The number of nitriles is 1. The van der Waals surface area contributed by atoms with Gasteiger partial charge in [-0.2, -0.15) is 5.26 Å². The number of benzene rings is 1. The topological polar surface area (TPSA) is 74.2 Å². The second-order valence-corrected chi connectivity index (χ2v) is 4.51. The van der Waals surface area contributed by atoms with E-state index in [0.717, 1.165) is 17.8 Å². The third-order valence-corrected chi connectivity index (χ3v) is 2.95. The number of amides is 1. The highest BCUT2D eigenvalue weighted by Crippen LogP contribution is 2.11. The number of nitrogens with one attached hydrogen (secondary N) is 2. The lowest BCUT2D eigenvalue weighted by Crippen LogP contribution is -2.43. The van der Waals surface area contributed by atoms with Crippen LogP contribution in [0.5, 0.6) is 0 Å². The fourth-order valence-corrected chi connectivity index (χ4v) is 1.98. The van der Waals surface area contributed by atoms with Gasteiger partial charge in [0.15, 0.2) is 0 Å². The number of morpholine rings is 1. The largest absolute Gasteiger partial charge is 0.378 e. The fourth-order valence-electron chi connectivity index (χ4n) is 1.98. The summed E-state index contributed by atoms with van der Waals surface area (Å²) >= 11 is 0. The Morgan fingerprint density at radius 2 is 2.26 bits per heavy atom. The summed E-state index contributed by atoms with van der Waals surface area (Å²) in [7, 11) is 0. The van der Waals surface area contributed by atoms with E-state index in [1.807, 2.05) is 24.3 Å². The number of nitrogens with zero attached hydrogens (tertiary/aromatic N) is 1. The molecule has 1 unspecified atom stereocenters. The van der Waals surface area contributed by atoms with Gasteiger partial charge in [0.25, 0.3) is 0 Å². The Balaban J connectivity index is 1.82. The van der Waals surface area contributed by atoms with Crippen LogP contribution in [0.15, 0.2) is 24.3 Å². The molecule has 1 heterocycles. The lowest BCUT2D eigenvalue weighted by Gasteiger charge is -2.23. The molecule has 0 radical (unpaired) electrons. The number of anilines is 1. The lowest BCUT2D eigenvalue weighted by atomic mass is 10.1. The van der Waals surface area contributed by atoms with Crippen molar-refractivity contribution in [2.75, 3.05) is 25.1 Å². The number of carbonyl (C=O) groups is 1. The third kappa shape index (κ3) is 4.36. The molecule has 0 aliphatic carbocycles. The van der Waals surface area contributed by atoms with Gasteiger partial charge < -0.3 is 15.4 Å². The highest BCUT2D eigenvalue weighted by Gasteiger charge is 2.16. The van der Waals surface area contributed by atoms with Crippen LogP contribution in [0.1, 0.15) is 12.0 Å². The molecule has 5 heteroatoms. The monoisotopic (exact) mass is 259 g/mol. The minimum Gasteiger partial charge on any atom is -0.378 e. The van der Waals surface area contributed by atoms with E-state index in [1.165, 1.54) is 0 Å². The zero-order chi connectivity index (χ0) is 13.5. The van der Waals surface area contributed by atoms with Gasteiger partial charge in [-0.1, -0.05) is 12.1 Å². The van der Waals surface area contributed by atoms with Gasteiger partial charge in [0.2, 0.25) is 5.91 Å². The Kier molecular flexibility index (Phi) is 4.90. The Morgan fingerprint density at radius 3 is 2.89 bits per heavy atom. The summed E-state index contributed by atoms with van der Waals surface area (Å²) in [6.07, 6.45) is 0.789. The predicted molar refractivity (Wildman–Crippen MR) is 71.6 cm³/mol. The van der Waals surface area contributed by atoms with Crippen LogP contribution in [0.3, 0.4) is 0 Å². The Morgan fingerprint density at radius 1 is 1.47 bits per heavy atom. The van der Waals surface area contributed by atoms with Crippen molar-refractivity contribution in [3.63, 3.8) is 0 Å². The van der Waals surface area contributed by atoms with Crippen molar-refractivity contribution in [2.45, 2.75) is 18.9 Å². The lowest BCUT2D eigenvalue weighted by molar-refractivity contribution is -0.117. The van der Waals surface area contributed by atoms with Crippen molar-refractivity contribution in [1.82, 2.24) is 5.32 Å². The molecule has 2 N–H and O–H groups in total. The second kappa shape index (κ2) is 6.88. The fraction of sp³-hybridized carbons (Fsp3) is 0.429. The van der Waals surface area contributed by atoms with Gasteiger partial charge >= 0.3 is 0 Å². The average molecular weight is 259 g/mol. The molecule has 1 aliphatic heterocycles. The first kappa shape index (κ1) is 13.5. The van der Waals surface area contributed by atoms with E-state index < -0.39 is 0 Å². The van der Waals surface area contributed by atoms with Gasteiger partial charge in [0.1, 0.15) is 0 Å². The summed E-state index contributed by atoms with van der Waals surface area (Å²) in [5.74, 6) is -0.0315. The summed E-state index contributed by atoms with van der Waals surface area (Å²) in [5, 5.41) is 14.7. The minimum absolute atomic E-state index is 0.0315. The maximum atomic E-state index is 11.8. The van der Waals surface area contributed by atoms with Crippen LogP contribution < -0.4 is 10.6 Å². The van der Waals surface area contributed by atoms with Crippen LogP contribution in [-0.4, -0.2) is 31.7 Å². The van der Waals surface area contributed by atoms with Gasteiger partial charge in [0, 0.05) is 24.7 Å². The smallest absolute Gasteiger partial charge is 0.226 e. The van der Waals surface area contributed by atoms with E-state index in [4.69, 9.17) is 10.00 Å². The number of carbonyl (C=O) groups excluding carboxylic acids is 1. The van der Waals surface area contributed by atoms with Gasteiger partial charge in [-0.05, 0) is 17.7 Å².